The van der Waals surface area contributed by atoms with Crippen molar-refractivity contribution in [2.75, 3.05) is 0 Å². The van der Waals surface area contributed by atoms with Crippen LogP contribution >= 0.6 is 0 Å². The largest absolute Gasteiger partial charge is 0.331 e. The van der Waals surface area contributed by atoms with E-state index in [0.29, 0.717) is 0 Å². The molecule has 6 rings (SSSR count). The molecule has 6 aromatic rings. The summed E-state index contributed by atoms with van der Waals surface area (Å²) < 4.78 is 4.34. The maximum absolute atomic E-state index is 4.81. The fourth-order valence-electron chi connectivity index (χ4n) is 4.65. The molecule has 0 N–H and O–H groups in total. The molecule has 0 radical (unpaired) electrons. The Kier molecular flexibility index (Phi) is 4.84. The van der Waals surface area contributed by atoms with Gasteiger partial charge in [-0.05, 0) is 36.2 Å². The van der Waals surface area contributed by atoms with E-state index in [2.05, 4.69) is 124 Å². The molecular weight excluding hydrogens is 416 g/mol. The minimum atomic E-state index is 0.904. The van der Waals surface area contributed by atoms with Gasteiger partial charge in [0.05, 0.1) is 16.7 Å². The standard InChI is InChI=1S/C30H24N4/c1-21-32-27-17-16-24(20-28(27)33(21)2)30-31-18-19-34(30)29-25(22-10-5-3-6-11-22)14-9-15-26(29)23-12-7-4-8-13-23/h3-20H,1-2H3. The van der Waals surface area contributed by atoms with Gasteiger partial charge in [0.2, 0.25) is 0 Å². The van der Waals surface area contributed by atoms with Gasteiger partial charge >= 0.3 is 0 Å². The predicted octanol–water partition coefficient (Wildman–Crippen LogP) is 7.07. The summed E-state index contributed by atoms with van der Waals surface area (Å²) in [6.07, 6.45) is 3.94. The highest BCUT2D eigenvalue weighted by Gasteiger charge is 2.18. The summed E-state index contributed by atoms with van der Waals surface area (Å²) in [5.41, 5.74) is 8.95. The summed E-state index contributed by atoms with van der Waals surface area (Å²) in [6, 6.07) is 34.0. The smallest absolute Gasteiger partial charge is 0.144 e. The zero-order valence-electron chi connectivity index (χ0n) is 19.2. The van der Waals surface area contributed by atoms with Crippen molar-refractivity contribution in [2.45, 2.75) is 6.92 Å². The third kappa shape index (κ3) is 3.32. The number of hydrogen-bond donors (Lipinski definition) is 0. The number of para-hydroxylation sites is 1. The van der Waals surface area contributed by atoms with Gasteiger partial charge in [0.1, 0.15) is 11.6 Å². The van der Waals surface area contributed by atoms with Crippen molar-refractivity contribution >= 4 is 11.0 Å². The number of aryl methyl sites for hydroxylation is 2. The van der Waals surface area contributed by atoms with Crippen LogP contribution in [0.4, 0.5) is 0 Å². The summed E-state index contributed by atoms with van der Waals surface area (Å²) in [5.74, 6) is 1.90. The lowest BCUT2D eigenvalue weighted by molar-refractivity contribution is 0.886. The molecule has 4 heteroatoms. The molecule has 0 fully saturated rings. The third-order valence-electron chi connectivity index (χ3n) is 6.45. The Morgan fingerprint density at radius 1 is 0.676 bits per heavy atom. The van der Waals surface area contributed by atoms with Crippen molar-refractivity contribution < 1.29 is 0 Å². The molecule has 2 heterocycles. The minimum absolute atomic E-state index is 0.904. The Morgan fingerprint density at radius 3 is 1.97 bits per heavy atom. The van der Waals surface area contributed by atoms with E-state index in [1.165, 1.54) is 22.3 Å². The lowest BCUT2D eigenvalue weighted by Crippen LogP contribution is -2.02. The van der Waals surface area contributed by atoms with Crippen LogP contribution in [0.25, 0.3) is 50.4 Å². The predicted molar refractivity (Wildman–Crippen MR) is 139 cm³/mol. The second-order valence-electron chi connectivity index (χ2n) is 8.48. The van der Waals surface area contributed by atoms with Crippen LogP contribution in [0.3, 0.4) is 0 Å². The quantitative estimate of drug-likeness (QED) is 0.294. The minimum Gasteiger partial charge on any atom is -0.331 e. The lowest BCUT2D eigenvalue weighted by atomic mass is 9.95. The zero-order valence-corrected chi connectivity index (χ0v) is 19.2. The van der Waals surface area contributed by atoms with E-state index in [4.69, 9.17) is 4.98 Å². The molecule has 34 heavy (non-hydrogen) atoms. The Labute approximate surface area is 198 Å². The molecule has 0 atom stereocenters. The molecular formula is C30H24N4. The first kappa shape index (κ1) is 20.2. The van der Waals surface area contributed by atoms with Crippen LogP contribution in [-0.2, 0) is 7.05 Å². The molecule has 0 bridgehead atoms. The molecule has 0 unspecified atom stereocenters. The monoisotopic (exact) mass is 440 g/mol. The SMILES string of the molecule is Cc1nc2ccc(-c3nccn3-c3c(-c4ccccc4)cccc3-c3ccccc3)cc2n1C. The molecule has 0 aliphatic heterocycles. The van der Waals surface area contributed by atoms with Crippen LogP contribution in [0.5, 0.6) is 0 Å². The number of aromatic nitrogens is 4. The molecule has 0 aliphatic rings. The van der Waals surface area contributed by atoms with Gasteiger partial charge in [0.25, 0.3) is 0 Å². The first-order chi connectivity index (χ1) is 16.7. The number of hydrogen-bond acceptors (Lipinski definition) is 2. The maximum atomic E-state index is 4.81. The van der Waals surface area contributed by atoms with E-state index in [1.807, 2.05) is 13.1 Å². The molecule has 164 valence electrons. The molecule has 0 aliphatic carbocycles. The summed E-state index contributed by atoms with van der Waals surface area (Å²) in [7, 11) is 2.05. The molecule has 2 aromatic heterocycles. The second kappa shape index (κ2) is 8.16. The van der Waals surface area contributed by atoms with E-state index in [9.17, 15) is 0 Å². The van der Waals surface area contributed by atoms with E-state index in [-0.39, 0.29) is 0 Å². The van der Waals surface area contributed by atoms with Gasteiger partial charge in [-0.1, -0.05) is 78.9 Å². The molecule has 0 saturated carbocycles. The fourth-order valence-corrected chi connectivity index (χ4v) is 4.65. The van der Waals surface area contributed by atoms with E-state index < -0.39 is 0 Å². The normalized spacial score (nSPS) is 11.2. The number of fused-ring (bicyclic) bond motifs is 1. The Balaban J connectivity index is 1.62. The fraction of sp³-hybridized carbons (Fsp3) is 0.0667. The summed E-state index contributed by atoms with van der Waals surface area (Å²) >= 11 is 0. The molecule has 0 saturated heterocycles. The van der Waals surface area contributed by atoms with Crippen molar-refractivity contribution in [1.82, 2.24) is 19.1 Å². The van der Waals surface area contributed by atoms with Crippen molar-refractivity contribution in [3.8, 4) is 39.3 Å². The van der Waals surface area contributed by atoms with Gasteiger partial charge in [-0.15, -0.1) is 0 Å². The highest BCUT2D eigenvalue weighted by atomic mass is 15.1. The highest BCUT2D eigenvalue weighted by Crippen LogP contribution is 2.38. The van der Waals surface area contributed by atoms with E-state index >= 15 is 0 Å². The number of rotatable bonds is 4. The van der Waals surface area contributed by atoms with Gasteiger partial charge < -0.3 is 4.57 Å². The average molecular weight is 441 g/mol. The van der Waals surface area contributed by atoms with E-state index in [0.717, 1.165) is 33.9 Å². The molecule has 0 amide bonds. The van der Waals surface area contributed by atoms with Crippen LogP contribution < -0.4 is 0 Å². The Bertz CT molecular complexity index is 1550. The zero-order chi connectivity index (χ0) is 23.1. The van der Waals surface area contributed by atoms with Crippen LogP contribution in [0, 0.1) is 6.92 Å². The Hall–Kier alpha value is -4.44. The van der Waals surface area contributed by atoms with Crippen molar-refractivity contribution in [3.05, 3.63) is 115 Å². The molecule has 0 spiro atoms. The number of benzene rings is 4. The van der Waals surface area contributed by atoms with Gasteiger partial charge in [-0.2, -0.15) is 0 Å². The van der Waals surface area contributed by atoms with Crippen LogP contribution in [0.1, 0.15) is 5.82 Å². The van der Waals surface area contributed by atoms with Crippen molar-refractivity contribution in [2.24, 2.45) is 7.05 Å². The summed E-state index contributed by atoms with van der Waals surface area (Å²) in [4.78, 5) is 9.47. The molecule has 4 aromatic carbocycles. The van der Waals surface area contributed by atoms with Crippen molar-refractivity contribution in [1.29, 1.82) is 0 Å². The van der Waals surface area contributed by atoms with Gasteiger partial charge in [-0.25, -0.2) is 9.97 Å². The first-order valence-electron chi connectivity index (χ1n) is 11.4. The lowest BCUT2D eigenvalue weighted by Gasteiger charge is -2.18. The summed E-state index contributed by atoms with van der Waals surface area (Å²) in [5, 5.41) is 0. The number of imidazole rings is 2. The second-order valence-corrected chi connectivity index (χ2v) is 8.48. The van der Waals surface area contributed by atoms with Gasteiger partial charge in [0.15, 0.2) is 0 Å². The average Bonchev–Trinajstić information content (AvgIpc) is 3.49. The van der Waals surface area contributed by atoms with Gasteiger partial charge in [0, 0.05) is 36.1 Å². The third-order valence-corrected chi connectivity index (χ3v) is 6.45. The first-order valence-corrected chi connectivity index (χ1v) is 11.4. The van der Waals surface area contributed by atoms with Crippen LogP contribution in [0.15, 0.2) is 109 Å². The maximum Gasteiger partial charge on any atom is 0.144 e. The van der Waals surface area contributed by atoms with Crippen LogP contribution in [-0.4, -0.2) is 19.1 Å². The van der Waals surface area contributed by atoms with Gasteiger partial charge in [-0.3, -0.25) is 4.57 Å². The van der Waals surface area contributed by atoms with Crippen LogP contribution in [0.2, 0.25) is 0 Å². The molecule has 4 nitrogen and oxygen atoms in total. The van der Waals surface area contributed by atoms with Crippen molar-refractivity contribution in [3.63, 3.8) is 0 Å². The highest BCUT2D eigenvalue weighted by molar-refractivity contribution is 5.87. The summed E-state index contributed by atoms with van der Waals surface area (Å²) in [6.45, 7) is 2.03. The topological polar surface area (TPSA) is 35.6 Å². The Morgan fingerprint density at radius 2 is 1.32 bits per heavy atom. The van der Waals surface area contributed by atoms with E-state index in [1.54, 1.807) is 0 Å². The number of nitrogens with zero attached hydrogens (tertiary/aromatic N) is 4.